The summed E-state index contributed by atoms with van der Waals surface area (Å²) in [5.41, 5.74) is 6.16. The van der Waals surface area contributed by atoms with Crippen molar-refractivity contribution in [1.29, 1.82) is 0 Å². The molecule has 3 aliphatic rings. The summed E-state index contributed by atoms with van der Waals surface area (Å²) >= 11 is 0. The Morgan fingerprint density at radius 3 is 2.80 bits per heavy atom. The van der Waals surface area contributed by atoms with Crippen LogP contribution in [-0.2, 0) is 15.0 Å². The standard InChI is InChI=1S/C15H15N3O2/c1-8-6-12(19)17-18-13(8)9-2-3-11-10(7-9)15(4-5-15)14(20)16-11/h2-3,7-8H,4-6H2,1H3,(H,16,20)(H,17,19). The second kappa shape index (κ2) is 3.69. The smallest absolute Gasteiger partial charge is 0.240 e. The largest absolute Gasteiger partial charge is 0.325 e. The van der Waals surface area contributed by atoms with E-state index in [4.69, 9.17) is 0 Å². The third kappa shape index (κ3) is 1.46. The summed E-state index contributed by atoms with van der Waals surface area (Å²) in [6.45, 7) is 2.00. The predicted molar refractivity (Wildman–Crippen MR) is 74.4 cm³/mol. The predicted octanol–water partition coefficient (Wildman–Crippen LogP) is 1.53. The normalized spacial score (nSPS) is 25.9. The maximum absolute atomic E-state index is 12.0. The molecule has 2 aliphatic heterocycles. The minimum Gasteiger partial charge on any atom is -0.325 e. The number of anilines is 1. The highest BCUT2D eigenvalue weighted by atomic mass is 16.2. The van der Waals surface area contributed by atoms with Crippen LogP contribution >= 0.6 is 0 Å². The number of hydrazone groups is 1. The van der Waals surface area contributed by atoms with Gasteiger partial charge in [0, 0.05) is 18.0 Å². The van der Waals surface area contributed by atoms with E-state index in [1.807, 2.05) is 19.1 Å². The molecule has 1 aliphatic carbocycles. The van der Waals surface area contributed by atoms with Gasteiger partial charge in [0.1, 0.15) is 0 Å². The number of carbonyl (C=O) groups excluding carboxylic acids is 2. The fourth-order valence-corrected chi connectivity index (χ4v) is 3.20. The fraction of sp³-hybridized carbons (Fsp3) is 0.400. The van der Waals surface area contributed by atoms with Gasteiger partial charge in [-0.25, -0.2) is 5.43 Å². The van der Waals surface area contributed by atoms with Gasteiger partial charge in [-0.15, -0.1) is 0 Å². The molecule has 1 aromatic rings. The molecule has 102 valence electrons. The van der Waals surface area contributed by atoms with Crippen LogP contribution in [-0.4, -0.2) is 17.5 Å². The summed E-state index contributed by atoms with van der Waals surface area (Å²) < 4.78 is 0. The molecular weight excluding hydrogens is 254 g/mol. The molecule has 0 radical (unpaired) electrons. The second-order valence-corrected chi connectivity index (χ2v) is 5.93. The van der Waals surface area contributed by atoms with E-state index in [-0.39, 0.29) is 23.1 Å². The van der Waals surface area contributed by atoms with Gasteiger partial charge in [-0.1, -0.05) is 13.0 Å². The highest BCUT2D eigenvalue weighted by Gasteiger charge is 2.56. The first-order chi connectivity index (χ1) is 9.60. The van der Waals surface area contributed by atoms with E-state index >= 15 is 0 Å². The molecule has 0 bridgehead atoms. The van der Waals surface area contributed by atoms with Gasteiger partial charge in [0.2, 0.25) is 11.8 Å². The van der Waals surface area contributed by atoms with Crippen molar-refractivity contribution in [1.82, 2.24) is 5.43 Å². The lowest BCUT2D eigenvalue weighted by Crippen LogP contribution is -2.32. The topological polar surface area (TPSA) is 70.6 Å². The van der Waals surface area contributed by atoms with Gasteiger partial charge >= 0.3 is 0 Å². The zero-order valence-electron chi connectivity index (χ0n) is 11.2. The summed E-state index contributed by atoms with van der Waals surface area (Å²) in [5, 5.41) is 7.14. The molecule has 4 rings (SSSR count). The summed E-state index contributed by atoms with van der Waals surface area (Å²) in [4.78, 5) is 23.3. The Kier molecular flexibility index (Phi) is 2.14. The molecule has 20 heavy (non-hydrogen) atoms. The molecule has 1 spiro atoms. The average molecular weight is 269 g/mol. The van der Waals surface area contributed by atoms with Gasteiger partial charge in [-0.2, -0.15) is 5.10 Å². The van der Waals surface area contributed by atoms with E-state index in [0.717, 1.165) is 35.4 Å². The Morgan fingerprint density at radius 1 is 1.30 bits per heavy atom. The fourth-order valence-electron chi connectivity index (χ4n) is 3.20. The van der Waals surface area contributed by atoms with Crippen LogP contribution in [0, 0.1) is 5.92 Å². The van der Waals surface area contributed by atoms with Crippen LogP contribution in [0.5, 0.6) is 0 Å². The maximum Gasteiger partial charge on any atom is 0.240 e. The van der Waals surface area contributed by atoms with E-state index in [0.29, 0.717) is 6.42 Å². The number of carbonyl (C=O) groups is 2. The third-order valence-corrected chi connectivity index (χ3v) is 4.52. The molecular formula is C15H15N3O2. The Labute approximate surface area is 116 Å². The molecule has 2 heterocycles. The van der Waals surface area contributed by atoms with Crippen LogP contribution in [0.25, 0.3) is 0 Å². The minimum absolute atomic E-state index is 0.0436. The highest BCUT2D eigenvalue weighted by molar-refractivity contribution is 6.11. The first-order valence-corrected chi connectivity index (χ1v) is 6.93. The molecule has 5 nitrogen and oxygen atoms in total. The Balaban J connectivity index is 1.77. The first kappa shape index (κ1) is 11.6. The van der Waals surface area contributed by atoms with Gasteiger partial charge in [0.25, 0.3) is 0 Å². The molecule has 1 aromatic carbocycles. The molecule has 1 fully saturated rings. The molecule has 1 atom stereocenters. The van der Waals surface area contributed by atoms with Crippen molar-refractivity contribution in [3.8, 4) is 0 Å². The Hall–Kier alpha value is -2.17. The SMILES string of the molecule is CC1CC(=O)NN=C1c1ccc2c(c1)C1(CC1)C(=O)N2. The number of fused-ring (bicyclic) bond motifs is 2. The maximum atomic E-state index is 12.0. The number of hydrogen-bond donors (Lipinski definition) is 2. The van der Waals surface area contributed by atoms with Crippen LogP contribution in [0.3, 0.4) is 0 Å². The molecule has 1 unspecified atom stereocenters. The van der Waals surface area contributed by atoms with Crippen molar-refractivity contribution in [3.63, 3.8) is 0 Å². The van der Waals surface area contributed by atoms with E-state index in [1.54, 1.807) is 0 Å². The number of nitrogens with zero attached hydrogens (tertiary/aromatic N) is 1. The van der Waals surface area contributed by atoms with Crippen LogP contribution in [0.1, 0.15) is 37.3 Å². The quantitative estimate of drug-likeness (QED) is 0.811. The van der Waals surface area contributed by atoms with Crippen LogP contribution in [0.15, 0.2) is 23.3 Å². The summed E-state index contributed by atoms with van der Waals surface area (Å²) in [5.74, 6) is 0.177. The molecule has 5 heteroatoms. The average Bonchev–Trinajstić information content (AvgIpc) is 3.16. The van der Waals surface area contributed by atoms with Gasteiger partial charge < -0.3 is 5.32 Å². The molecule has 0 saturated heterocycles. The summed E-state index contributed by atoms with van der Waals surface area (Å²) in [6.07, 6.45) is 2.31. The van der Waals surface area contributed by atoms with E-state index in [2.05, 4.69) is 21.9 Å². The van der Waals surface area contributed by atoms with E-state index < -0.39 is 0 Å². The minimum atomic E-state index is -0.285. The Bertz CT molecular complexity index is 674. The molecule has 2 N–H and O–H groups in total. The highest BCUT2D eigenvalue weighted by Crippen LogP contribution is 2.55. The monoisotopic (exact) mass is 269 g/mol. The van der Waals surface area contributed by atoms with E-state index in [9.17, 15) is 9.59 Å². The molecule has 2 amide bonds. The van der Waals surface area contributed by atoms with Gasteiger partial charge in [0.15, 0.2) is 0 Å². The summed E-state index contributed by atoms with van der Waals surface area (Å²) in [6, 6.07) is 5.97. The molecule has 1 saturated carbocycles. The van der Waals surface area contributed by atoms with Crippen molar-refractivity contribution in [3.05, 3.63) is 29.3 Å². The number of benzene rings is 1. The summed E-state index contributed by atoms with van der Waals surface area (Å²) in [7, 11) is 0. The lowest BCUT2D eigenvalue weighted by atomic mass is 9.90. The van der Waals surface area contributed by atoms with Gasteiger partial charge in [0.05, 0.1) is 11.1 Å². The van der Waals surface area contributed by atoms with Crippen LogP contribution in [0.4, 0.5) is 5.69 Å². The molecule has 0 aromatic heterocycles. The zero-order chi connectivity index (χ0) is 13.9. The number of rotatable bonds is 1. The van der Waals surface area contributed by atoms with Crippen molar-refractivity contribution >= 4 is 23.2 Å². The second-order valence-electron chi connectivity index (χ2n) is 5.93. The number of hydrogen-bond acceptors (Lipinski definition) is 3. The van der Waals surface area contributed by atoms with E-state index in [1.165, 1.54) is 0 Å². The van der Waals surface area contributed by atoms with Crippen LogP contribution in [0.2, 0.25) is 0 Å². The van der Waals surface area contributed by atoms with Gasteiger partial charge in [-0.3, -0.25) is 9.59 Å². The lowest BCUT2D eigenvalue weighted by Gasteiger charge is -2.20. The third-order valence-electron chi connectivity index (χ3n) is 4.52. The number of nitrogens with one attached hydrogen (secondary N) is 2. The van der Waals surface area contributed by atoms with Crippen molar-refractivity contribution in [2.45, 2.75) is 31.6 Å². The first-order valence-electron chi connectivity index (χ1n) is 6.93. The number of amides is 2. The zero-order valence-corrected chi connectivity index (χ0v) is 11.2. The van der Waals surface area contributed by atoms with Gasteiger partial charge in [-0.05, 0) is 36.1 Å². The van der Waals surface area contributed by atoms with Crippen molar-refractivity contribution in [2.24, 2.45) is 11.0 Å². The lowest BCUT2D eigenvalue weighted by molar-refractivity contribution is -0.122. The van der Waals surface area contributed by atoms with Crippen molar-refractivity contribution in [2.75, 3.05) is 5.32 Å². The van der Waals surface area contributed by atoms with Crippen molar-refractivity contribution < 1.29 is 9.59 Å². The Morgan fingerprint density at radius 2 is 2.10 bits per heavy atom. The van der Waals surface area contributed by atoms with Crippen LogP contribution < -0.4 is 10.7 Å².